The van der Waals surface area contributed by atoms with Crippen molar-refractivity contribution in [2.24, 2.45) is 0 Å². The quantitative estimate of drug-likeness (QED) is 0.795. The first-order valence-electron chi connectivity index (χ1n) is 5.21. The number of pyridine rings is 1. The van der Waals surface area contributed by atoms with Crippen LogP contribution in [0.3, 0.4) is 0 Å². The Bertz CT molecular complexity index is 360. The predicted molar refractivity (Wildman–Crippen MR) is 60.8 cm³/mol. The molecule has 0 aliphatic heterocycles. The number of hydrogen-bond donors (Lipinski definition) is 1. The molecule has 0 aliphatic carbocycles. The second kappa shape index (κ2) is 5.56. The maximum atomic E-state index is 11.4. The maximum Gasteiger partial charge on any atom is 0.250 e. The molecule has 84 valence electrons. The first-order valence-corrected chi connectivity index (χ1v) is 5.21. The Labute approximate surface area is 89.7 Å². The molecule has 1 rings (SSSR count). The standard InChI is InChI=1S/C11H18N2O2/c1-3-9(2)15-7-6-13-8-10(12)4-5-11(13)14/h4-5,8-9H,3,6-7,12H2,1-2H3. The minimum atomic E-state index is -0.0445. The van der Waals surface area contributed by atoms with Gasteiger partial charge in [-0.15, -0.1) is 0 Å². The molecule has 0 aliphatic rings. The minimum Gasteiger partial charge on any atom is -0.398 e. The molecule has 0 saturated carbocycles. The second-order valence-corrected chi connectivity index (χ2v) is 3.58. The van der Waals surface area contributed by atoms with Crippen LogP contribution in [0.2, 0.25) is 0 Å². The number of aromatic nitrogens is 1. The van der Waals surface area contributed by atoms with Crippen molar-refractivity contribution in [2.75, 3.05) is 12.3 Å². The lowest BCUT2D eigenvalue weighted by molar-refractivity contribution is 0.0576. The molecule has 1 atom stereocenters. The highest BCUT2D eigenvalue weighted by Gasteiger charge is 1.99. The summed E-state index contributed by atoms with van der Waals surface area (Å²) in [4.78, 5) is 11.4. The molecule has 2 N–H and O–H groups in total. The van der Waals surface area contributed by atoms with E-state index in [-0.39, 0.29) is 11.7 Å². The fourth-order valence-electron chi connectivity index (χ4n) is 1.19. The largest absolute Gasteiger partial charge is 0.398 e. The summed E-state index contributed by atoms with van der Waals surface area (Å²) in [6, 6.07) is 3.08. The summed E-state index contributed by atoms with van der Waals surface area (Å²) >= 11 is 0. The van der Waals surface area contributed by atoms with Crippen molar-refractivity contribution < 1.29 is 4.74 Å². The van der Waals surface area contributed by atoms with E-state index in [1.807, 2.05) is 6.92 Å². The van der Waals surface area contributed by atoms with Crippen molar-refractivity contribution in [1.29, 1.82) is 0 Å². The highest BCUT2D eigenvalue weighted by Crippen LogP contribution is 1.98. The maximum absolute atomic E-state index is 11.4. The van der Waals surface area contributed by atoms with Gasteiger partial charge in [0, 0.05) is 24.5 Å². The number of rotatable bonds is 5. The molecule has 4 heteroatoms. The van der Waals surface area contributed by atoms with Crippen LogP contribution >= 0.6 is 0 Å². The van der Waals surface area contributed by atoms with Gasteiger partial charge in [-0.25, -0.2) is 0 Å². The molecular formula is C11H18N2O2. The van der Waals surface area contributed by atoms with E-state index in [0.717, 1.165) is 6.42 Å². The third-order valence-corrected chi connectivity index (χ3v) is 2.32. The molecule has 1 aromatic rings. The average Bonchev–Trinajstić information content (AvgIpc) is 2.23. The van der Waals surface area contributed by atoms with Crippen LogP contribution in [0.5, 0.6) is 0 Å². The third-order valence-electron chi connectivity index (χ3n) is 2.32. The number of anilines is 1. The fourth-order valence-corrected chi connectivity index (χ4v) is 1.19. The van der Waals surface area contributed by atoms with Crippen molar-refractivity contribution in [2.45, 2.75) is 32.9 Å². The summed E-state index contributed by atoms with van der Waals surface area (Å²) in [6.45, 7) is 5.17. The van der Waals surface area contributed by atoms with Crippen molar-refractivity contribution in [3.8, 4) is 0 Å². The molecule has 15 heavy (non-hydrogen) atoms. The van der Waals surface area contributed by atoms with Crippen LogP contribution < -0.4 is 11.3 Å². The summed E-state index contributed by atoms with van der Waals surface area (Å²) < 4.78 is 7.06. The summed E-state index contributed by atoms with van der Waals surface area (Å²) in [5.74, 6) is 0. The lowest BCUT2D eigenvalue weighted by Crippen LogP contribution is -2.22. The van der Waals surface area contributed by atoms with Crippen LogP contribution in [0.15, 0.2) is 23.1 Å². The van der Waals surface area contributed by atoms with Gasteiger partial charge >= 0.3 is 0 Å². The van der Waals surface area contributed by atoms with Gasteiger partial charge in [0.2, 0.25) is 0 Å². The van der Waals surface area contributed by atoms with Gasteiger partial charge in [0.05, 0.1) is 12.7 Å². The van der Waals surface area contributed by atoms with Gasteiger partial charge in [-0.05, 0) is 19.4 Å². The van der Waals surface area contributed by atoms with E-state index in [4.69, 9.17) is 10.5 Å². The van der Waals surface area contributed by atoms with E-state index >= 15 is 0 Å². The van der Waals surface area contributed by atoms with Crippen LogP contribution in [-0.2, 0) is 11.3 Å². The molecule has 1 heterocycles. The van der Waals surface area contributed by atoms with Gasteiger partial charge < -0.3 is 15.0 Å². The zero-order valence-corrected chi connectivity index (χ0v) is 9.27. The second-order valence-electron chi connectivity index (χ2n) is 3.58. The Morgan fingerprint density at radius 3 is 2.93 bits per heavy atom. The molecule has 0 fully saturated rings. The lowest BCUT2D eigenvalue weighted by atomic mass is 10.3. The van der Waals surface area contributed by atoms with Gasteiger partial charge in [0.25, 0.3) is 5.56 Å². The lowest BCUT2D eigenvalue weighted by Gasteiger charge is -2.11. The summed E-state index contributed by atoms with van der Waals surface area (Å²) in [5, 5.41) is 0. The van der Waals surface area contributed by atoms with E-state index in [9.17, 15) is 4.79 Å². The molecule has 4 nitrogen and oxygen atoms in total. The van der Waals surface area contributed by atoms with Crippen molar-refractivity contribution in [3.05, 3.63) is 28.7 Å². The van der Waals surface area contributed by atoms with Crippen molar-refractivity contribution in [3.63, 3.8) is 0 Å². The third kappa shape index (κ3) is 3.75. The minimum absolute atomic E-state index is 0.0445. The first-order chi connectivity index (χ1) is 7.13. The Balaban J connectivity index is 2.50. The zero-order chi connectivity index (χ0) is 11.3. The van der Waals surface area contributed by atoms with Crippen LogP contribution in [0.4, 0.5) is 5.69 Å². The van der Waals surface area contributed by atoms with Gasteiger partial charge in [0.15, 0.2) is 0 Å². The molecule has 0 aromatic carbocycles. The molecule has 1 aromatic heterocycles. The van der Waals surface area contributed by atoms with Crippen molar-refractivity contribution >= 4 is 5.69 Å². The normalized spacial score (nSPS) is 12.7. The highest BCUT2D eigenvalue weighted by atomic mass is 16.5. The smallest absolute Gasteiger partial charge is 0.250 e. The van der Waals surface area contributed by atoms with Crippen LogP contribution in [0.1, 0.15) is 20.3 Å². The number of nitrogens with two attached hydrogens (primary N) is 1. The average molecular weight is 210 g/mol. The SMILES string of the molecule is CCC(C)OCCn1cc(N)ccc1=O. The van der Waals surface area contributed by atoms with Crippen LogP contribution in [0.25, 0.3) is 0 Å². The predicted octanol–water partition coefficient (Wildman–Crippen LogP) is 1.25. The van der Waals surface area contributed by atoms with Gasteiger partial charge in [-0.2, -0.15) is 0 Å². The number of ether oxygens (including phenoxy) is 1. The zero-order valence-electron chi connectivity index (χ0n) is 9.27. The summed E-state index contributed by atoms with van der Waals surface area (Å²) in [6.07, 6.45) is 2.86. The molecule has 0 bridgehead atoms. The molecule has 0 radical (unpaired) electrons. The Morgan fingerprint density at radius 1 is 1.53 bits per heavy atom. The van der Waals surface area contributed by atoms with E-state index in [1.54, 1.807) is 16.8 Å². The molecule has 0 saturated heterocycles. The Hall–Kier alpha value is -1.29. The summed E-state index contributed by atoms with van der Waals surface area (Å²) in [5.41, 5.74) is 6.14. The summed E-state index contributed by atoms with van der Waals surface area (Å²) in [7, 11) is 0. The molecule has 0 spiro atoms. The van der Waals surface area contributed by atoms with Gasteiger partial charge in [0.1, 0.15) is 0 Å². The van der Waals surface area contributed by atoms with Crippen molar-refractivity contribution in [1.82, 2.24) is 4.57 Å². The highest BCUT2D eigenvalue weighted by molar-refractivity contribution is 5.33. The van der Waals surface area contributed by atoms with Crippen LogP contribution in [-0.4, -0.2) is 17.3 Å². The monoisotopic (exact) mass is 210 g/mol. The van der Waals surface area contributed by atoms with E-state index in [0.29, 0.717) is 18.8 Å². The molecule has 0 amide bonds. The Morgan fingerprint density at radius 2 is 2.27 bits per heavy atom. The molecule has 1 unspecified atom stereocenters. The topological polar surface area (TPSA) is 57.2 Å². The molecular weight excluding hydrogens is 192 g/mol. The van der Waals surface area contributed by atoms with Gasteiger partial charge in [-0.3, -0.25) is 4.79 Å². The van der Waals surface area contributed by atoms with Gasteiger partial charge in [-0.1, -0.05) is 6.92 Å². The Kier molecular flexibility index (Phi) is 4.37. The van der Waals surface area contributed by atoms with Crippen LogP contribution in [0, 0.1) is 0 Å². The van der Waals surface area contributed by atoms with E-state index in [1.165, 1.54) is 6.07 Å². The number of hydrogen-bond acceptors (Lipinski definition) is 3. The van der Waals surface area contributed by atoms with E-state index in [2.05, 4.69) is 6.92 Å². The fraction of sp³-hybridized carbons (Fsp3) is 0.545. The first kappa shape index (κ1) is 11.8. The number of nitrogen functional groups attached to an aromatic ring is 1. The van der Waals surface area contributed by atoms with E-state index < -0.39 is 0 Å². The number of nitrogens with zero attached hydrogens (tertiary/aromatic N) is 1.